The van der Waals surface area contributed by atoms with Gasteiger partial charge in [-0.05, 0) is 18.2 Å². The Balaban J connectivity index is 2.80. The number of benzene rings is 1. The molecule has 0 bridgehead atoms. The maximum atomic E-state index is 11.1. The van der Waals surface area contributed by atoms with Gasteiger partial charge in [-0.3, -0.25) is 4.79 Å². The van der Waals surface area contributed by atoms with Gasteiger partial charge in [0.15, 0.2) is 0 Å². The third-order valence-electron chi connectivity index (χ3n) is 2.43. The average molecular weight is 257 g/mol. The van der Waals surface area contributed by atoms with Crippen LogP contribution in [0.25, 0.3) is 0 Å². The van der Waals surface area contributed by atoms with E-state index >= 15 is 0 Å². The van der Waals surface area contributed by atoms with Gasteiger partial charge in [-0.25, -0.2) is 0 Å². The molecule has 1 rings (SSSR count). The van der Waals surface area contributed by atoms with E-state index in [-0.39, 0.29) is 12.0 Å². The summed E-state index contributed by atoms with van der Waals surface area (Å²) in [6, 6.07) is 5.00. The van der Waals surface area contributed by atoms with E-state index in [0.29, 0.717) is 17.1 Å². The predicted molar refractivity (Wildman–Crippen MR) is 69.3 cm³/mol. The Morgan fingerprint density at radius 1 is 1.53 bits per heavy atom. The first kappa shape index (κ1) is 13.8. The van der Waals surface area contributed by atoms with Crippen molar-refractivity contribution in [2.45, 2.75) is 13.8 Å². The number of carbonyl (C=O) groups is 1. The summed E-state index contributed by atoms with van der Waals surface area (Å²) >= 11 is 5.84. The van der Waals surface area contributed by atoms with E-state index < -0.39 is 5.91 Å². The van der Waals surface area contributed by atoms with Crippen LogP contribution in [0.15, 0.2) is 18.2 Å². The zero-order chi connectivity index (χ0) is 13.1. The molecule has 1 aromatic rings. The fraction of sp³-hybridized carbons (Fsp3) is 0.417. The molecule has 0 aromatic heterocycles. The lowest BCUT2D eigenvalue weighted by molar-refractivity contribution is 0.100. The van der Waals surface area contributed by atoms with E-state index in [1.165, 1.54) is 0 Å². The Bertz CT molecular complexity index is 419. The second-order valence-electron chi connectivity index (χ2n) is 4.73. The number of aliphatic hydroxyl groups is 1. The Morgan fingerprint density at radius 2 is 2.18 bits per heavy atom. The van der Waals surface area contributed by atoms with E-state index in [0.717, 1.165) is 5.69 Å². The summed E-state index contributed by atoms with van der Waals surface area (Å²) in [4.78, 5) is 11.1. The van der Waals surface area contributed by atoms with Crippen molar-refractivity contribution in [3.05, 3.63) is 28.8 Å². The van der Waals surface area contributed by atoms with Gasteiger partial charge >= 0.3 is 0 Å². The highest BCUT2D eigenvalue weighted by Crippen LogP contribution is 2.21. The van der Waals surface area contributed by atoms with Gasteiger partial charge in [0.1, 0.15) is 0 Å². The molecule has 17 heavy (non-hydrogen) atoms. The van der Waals surface area contributed by atoms with Crippen molar-refractivity contribution in [2.75, 3.05) is 18.5 Å². The molecule has 4 N–H and O–H groups in total. The number of hydrogen-bond acceptors (Lipinski definition) is 3. The Kier molecular flexibility index (Phi) is 4.37. The summed E-state index contributed by atoms with van der Waals surface area (Å²) in [6.07, 6.45) is 0. The van der Waals surface area contributed by atoms with Crippen LogP contribution in [0.5, 0.6) is 0 Å². The number of amides is 1. The third kappa shape index (κ3) is 3.91. The number of primary amides is 1. The maximum absolute atomic E-state index is 11.1. The second-order valence-corrected chi connectivity index (χ2v) is 5.14. The molecular weight excluding hydrogens is 240 g/mol. The molecule has 0 aliphatic rings. The number of rotatable bonds is 5. The predicted octanol–water partition coefficient (Wildman–Crippen LogP) is 1.87. The van der Waals surface area contributed by atoms with Crippen LogP contribution in [0.4, 0.5) is 5.69 Å². The SMILES string of the molecule is CC(C)(CO)CNc1ccc(Cl)c(C(N)=O)c1. The van der Waals surface area contributed by atoms with Gasteiger partial charge in [0.25, 0.3) is 0 Å². The molecule has 1 aromatic carbocycles. The largest absolute Gasteiger partial charge is 0.396 e. The monoisotopic (exact) mass is 256 g/mol. The molecule has 94 valence electrons. The summed E-state index contributed by atoms with van der Waals surface area (Å²) in [5.41, 5.74) is 6.02. The lowest BCUT2D eigenvalue weighted by atomic mass is 9.95. The zero-order valence-corrected chi connectivity index (χ0v) is 10.7. The van der Waals surface area contributed by atoms with Gasteiger partial charge in [-0.2, -0.15) is 0 Å². The van der Waals surface area contributed by atoms with Crippen LogP contribution in [0.2, 0.25) is 5.02 Å². The molecule has 0 unspecified atom stereocenters. The molecule has 5 heteroatoms. The molecule has 0 aliphatic heterocycles. The summed E-state index contributed by atoms with van der Waals surface area (Å²) in [5.74, 6) is -0.555. The van der Waals surface area contributed by atoms with E-state index in [9.17, 15) is 4.79 Å². The number of halogens is 1. The number of carbonyl (C=O) groups excluding carboxylic acids is 1. The van der Waals surface area contributed by atoms with Crippen LogP contribution in [0, 0.1) is 5.41 Å². The molecule has 0 fully saturated rings. The standard InChI is InChI=1S/C12H17ClN2O2/c1-12(2,7-16)6-15-8-3-4-10(13)9(5-8)11(14)17/h3-5,15-16H,6-7H2,1-2H3,(H2,14,17). The molecular formula is C12H17ClN2O2. The number of anilines is 1. The molecule has 0 radical (unpaired) electrons. The van der Waals surface area contributed by atoms with E-state index in [1.807, 2.05) is 13.8 Å². The second kappa shape index (κ2) is 5.38. The highest BCUT2D eigenvalue weighted by molar-refractivity contribution is 6.33. The summed E-state index contributed by atoms with van der Waals surface area (Å²) < 4.78 is 0. The Hall–Kier alpha value is -1.26. The number of nitrogens with two attached hydrogens (primary N) is 1. The smallest absolute Gasteiger partial charge is 0.250 e. The number of nitrogens with one attached hydrogen (secondary N) is 1. The lowest BCUT2D eigenvalue weighted by Crippen LogP contribution is -2.26. The first-order valence-corrected chi connectivity index (χ1v) is 5.67. The van der Waals surface area contributed by atoms with Gasteiger partial charge in [0.2, 0.25) is 5.91 Å². The van der Waals surface area contributed by atoms with Gasteiger partial charge in [0, 0.05) is 24.3 Å². The van der Waals surface area contributed by atoms with Crippen molar-refractivity contribution in [1.29, 1.82) is 0 Å². The number of hydrogen-bond donors (Lipinski definition) is 3. The van der Waals surface area contributed by atoms with Crippen LogP contribution in [0.3, 0.4) is 0 Å². The van der Waals surface area contributed by atoms with Gasteiger partial charge in [-0.1, -0.05) is 25.4 Å². The Morgan fingerprint density at radius 3 is 2.71 bits per heavy atom. The van der Waals surface area contributed by atoms with Crippen molar-refractivity contribution in [2.24, 2.45) is 11.1 Å². The minimum absolute atomic E-state index is 0.0796. The minimum Gasteiger partial charge on any atom is -0.396 e. The molecule has 1 amide bonds. The molecule has 0 saturated heterocycles. The summed E-state index contributed by atoms with van der Waals surface area (Å²) in [5, 5.41) is 12.6. The fourth-order valence-electron chi connectivity index (χ4n) is 1.22. The van der Waals surface area contributed by atoms with Crippen molar-refractivity contribution in [3.8, 4) is 0 Å². The number of aliphatic hydroxyl groups excluding tert-OH is 1. The molecule has 0 spiro atoms. The summed E-state index contributed by atoms with van der Waals surface area (Å²) in [7, 11) is 0. The fourth-order valence-corrected chi connectivity index (χ4v) is 1.43. The van der Waals surface area contributed by atoms with Crippen LogP contribution in [-0.4, -0.2) is 24.2 Å². The third-order valence-corrected chi connectivity index (χ3v) is 2.76. The van der Waals surface area contributed by atoms with Crippen LogP contribution in [-0.2, 0) is 0 Å². The normalized spacial score (nSPS) is 11.3. The first-order chi connectivity index (χ1) is 7.85. The topological polar surface area (TPSA) is 75.3 Å². The highest BCUT2D eigenvalue weighted by Gasteiger charge is 2.16. The quantitative estimate of drug-likeness (QED) is 0.753. The van der Waals surface area contributed by atoms with Gasteiger partial charge in [-0.15, -0.1) is 0 Å². The van der Waals surface area contributed by atoms with Crippen molar-refractivity contribution in [1.82, 2.24) is 0 Å². The van der Waals surface area contributed by atoms with E-state index in [1.54, 1.807) is 18.2 Å². The van der Waals surface area contributed by atoms with Crippen LogP contribution in [0.1, 0.15) is 24.2 Å². The minimum atomic E-state index is -0.555. The van der Waals surface area contributed by atoms with Gasteiger partial charge < -0.3 is 16.2 Å². The average Bonchev–Trinajstić information content (AvgIpc) is 2.27. The van der Waals surface area contributed by atoms with Crippen molar-refractivity contribution < 1.29 is 9.90 Å². The zero-order valence-electron chi connectivity index (χ0n) is 9.96. The molecule has 4 nitrogen and oxygen atoms in total. The lowest BCUT2D eigenvalue weighted by Gasteiger charge is -2.22. The molecule has 0 aliphatic carbocycles. The molecule has 0 atom stereocenters. The van der Waals surface area contributed by atoms with Crippen LogP contribution < -0.4 is 11.1 Å². The van der Waals surface area contributed by atoms with E-state index in [4.69, 9.17) is 22.4 Å². The van der Waals surface area contributed by atoms with Crippen LogP contribution >= 0.6 is 11.6 Å². The van der Waals surface area contributed by atoms with E-state index in [2.05, 4.69) is 5.32 Å². The van der Waals surface area contributed by atoms with Crippen molar-refractivity contribution >= 4 is 23.2 Å². The highest BCUT2D eigenvalue weighted by atomic mass is 35.5. The van der Waals surface area contributed by atoms with Gasteiger partial charge in [0.05, 0.1) is 10.6 Å². The maximum Gasteiger partial charge on any atom is 0.250 e. The molecule has 0 heterocycles. The Labute approximate surface area is 106 Å². The summed E-state index contributed by atoms with van der Waals surface area (Å²) in [6.45, 7) is 4.54. The van der Waals surface area contributed by atoms with Crippen molar-refractivity contribution in [3.63, 3.8) is 0 Å². The first-order valence-electron chi connectivity index (χ1n) is 5.30. The molecule has 0 saturated carbocycles.